The first-order valence-electron chi connectivity index (χ1n) is 18.8. The molecule has 0 aliphatic rings. The molecule has 6 heteroatoms. The Kier molecular flexibility index (Phi) is 35.8. The van der Waals surface area contributed by atoms with E-state index in [9.17, 15) is 9.90 Å². The molecular weight excluding hydrogens is 552 g/mol. The van der Waals surface area contributed by atoms with E-state index in [2.05, 4.69) is 20.8 Å². The van der Waals surface area contributed by atoms with Gasteiger partial charge in [0.1, 0.15) is 0 Å². The fourth-order valence-electron chi connectivity index (χ4n) is 5.54. The van der Waals surface area contributed by atoms with E-state index >= 15 is 0 Å². The van der Waals surface area contributed by atoms with E-state index in [1.807, 2.05) is 0 Å². The molecule has 0 amide bonds. The van der Waals surface area contributed by atoms with Gasteiger partial charge in [-0.1, -0.05) is 161 Å². The van der Waals surface area contributed by atoms with Crippen molar-refractivity contribution in [2.75, 3.05) is 26.4 Å². The summed E-state index contributed by atoms with van der Waals surface area (Å²) in [7, 11) is 0. The molecule has 0 saturated carbocycles. The van der Waals surface area contributed by atoms with E-state index in [1.165, 1.54) is 153 Å². The third-order valence-electron chi connectivity index (χ3n) is 8.97. The summed E-state index contributed by atoms with van der Waals surface area (Å²) in [6, 6.07) is 0. The number of carboxylic acids is 1. The van der Waals surface area contributed by atoms with Gasteiger partial charge in [-0.15, -0.1) is 0 Å². The van der Waals surface area contributed by atoms with Gasteiger partial charge in [0.2, 0.25) is 0 Å². The molecule has 264 valence electrons. The van der Waals surface area contributed by atoms with Crippen molar-refractivity contribution in [2.45, 2.75) is 194 Å². The van der Waals surface area contributed by atoms with Crippen molar-refractivity contribution in [3.05, 3.63) is 11.1 Å². The van der Waals surface area contributed by atoms with Gasteiger partial charge in [0.05, 0.1) is 31.8 Å². The van der Waals surface area contributed by atoms with E-state index in [0.717, 1.165) is 31.3 Å². The van der Waals surface area contributed by atoms with Crippen molar-refractivity contribution in [1.29, 1.82) is 0 Å². The Morgan fingerprint density at radius 1 is 0.409 bits per heavy atom. The van der Waals surface area contributed by atoms with Crippen LogP contribution in [0.4, 0.5) is 0 Å². The smallest absolute Gasteiger partial charge is 0.331 e. The van der Waals surface area contributed by atoms with E-state index < -0.39 is 37.8 Å². The number of carbonyl (C=O) groups is 1. The van der Waals surface area contributed by atoms with Gasteiger partial charge in [0, 0.05) is 5.57 Å². The lowest BCUT2D eigenvalue weighted by Gasteiger charge is -2.23. The number of aliphatic hydroxyl groups excluding tert-OH is 4. The Morgan fingerprint density at radius 3 is 0.886 bits per heavy atom. The van der Waals surface area contributed by atoms with Gasteiger partial charge in [0.25, 0.3) is 0 Å². The Hall–Kier alpha value is -0.950. The number of hydrogen-bond donors (Lipinski definition) is 5. The lowest BCUT2D eigenvalue weighted by molar-refractivity contribution is -0.132. The minimum atomic E-state index is -1.11. The average molecular weight is 629 g/mol. The predicted molar refractivity (Wildman–Crippen MR) is 187 cm³/mol. The molecule has 0 unspecified atom stereocenters. The molecule has 0 aromatic rings. The van der Waals surface area contributed by atoms with Gasteiger partial charge in [-0.2, -0.15) is 0 Å². The van der Waals surface area contributed by atoms with Gasteiger partial charge in [-0.3, -0.25) is 0 Å². The van der Waals surface area contributed by atoms with Crippen LogP contribution in [0.2, 0.25) is 0 Å². The van der Waals surface area contributed by atoms with E-state index in [1.54, 1.807) is 0 Å². The van der Waals surface area contributed by atoms with Gasteiger partial charge < -0.3 is 25.5 Å². The van der Waals surface area contributed by atoms with Crippen LogP contribution in [-0.4, -0.2) is 57.9 Å². The van der Waals surface area contributed by atoms with Gasteiger partial charge in [-0.05, 0) is 38.5 Å². The third kappa shape index (κ3) is 27.4. The highest BCUT2D eigenvalue weighted by Gasteiger charge is 2.26. The molecule has 44 heavy (non-hydrogen) atoms. The first kappa shape index (κ1) is 45.2. The van der Waals surface area contributed by atoms with Crippen LogP contribution in [0.1, 0.15) is 194 Å². The van der Waals surface area contributed by atoms with Crippen LogP contribution < -0.4 is 0 Å². The Balaban J connectivity index is 0. The fraction of sp³-hybridized carbons (Fsp3) is 0.921. The minimum Gasteiger partial charge on any atom is -0.478 e. The van der Waals surface area contributed by atoms with Crippen molar-refractivity contribution < 1.29 is 30.3 Å². The molecule has 0 rings (SSSR count). The minimum absolute atomic E-state index is 0.406. The Labute approximate surface area is 273 Å². The molecule has 0 aliphatic heterocycles. The predicted octanol–water partition coefficient (Wildman–Crippen LogP) is 9.90. The highest BCUT2D eigenvalue weighted by molar-refractivity contribution is 5.87. The quantitative estimate of drug-likeness (QED) is 0.0374. The van der Waals surface area contributed by atoms with Gasteiger partial charge >= 0.3 is 5.97 Å². The molecule has 6 nitrogen and oxygen atoms in total. The van der Waals surface area contributed by atoms with Crippen molar-refractivity contribution in [1.82, 2.24) is 0 Å². The molecular formula is C38H76O6. The van der Waals surface area contributed by atoms with Crippen LogP contribution in [0.25, 0.3) is 0 Å². The summed E-state index contributed by atoms with van der Waals surface area (Å²) in [5.41, 5.74) is 0.958. The third-order valence-corrected chi connectivity index (χ3v) is 8.97. The molecule has 0 bridgehead atoms. The van der Waals surface area contributed by atoms with Crippen LogP contribution in [0.15, 0.2) is 11.1 Å². The molecule has 0 atom stereocenters. The molecule has 0 heterocycles. The maximum Gasteiger partial charge on any atom is 0.331 e. The summed E-state index contributed by atoms with van der Waals surface area (Å²) >= 11 is 0. The summed E-state index contributed by atoms with van der Waals surface area (Å²) < 4.78 is 0. The molecule has 0 aromatic carbocycles. The van der Waals surface area contributed by atoms with Crippen LogP contribution >= 0.6 is 0 Å². The highest BCUT2D eigenvalue weighted by atomic mass is 16.4. The zero-order valence-electron chi connectivity index (χ0n) is 29.6. The first-order chi connectivity index (χ1) is 21.4. The second-order valence-electron chi connectivity index (χ2n) is 13.2. The van der Waals surface area contributed by atoms with Crippen LogP contribution in [0.3, 0.4) is 0 Å². The number of rotatable bonds is 32. The molecule has 0 aliphatic carbocycles. The van der Waals surface area contributed by atoms with Crippen LogP contribution in [-0.2, 0) is 4.79 Å². The lowest BCUT2D eigenvalue weighted by Crippen LogP contribution is -2.37. The zero-order valence-corrected chi connectivity index (χ0v) is 29.6. The maximum absolute atomic E-state index is 12.2. The Bertz CT molecular complexity index is 589. The standard InChI is InChI=1S/C33H64O2.C5H12O4/c1-4-7-10-13-16-19-22-25-28-31(29-26-23-20-17-14-11-8-5-2)32(33(34)35)30-27-24-21-18-15-12-9-6-3;6-1-5(2-7,3-8)4-9/h4-30H2,1-3H3,(H,34,35);6-9H,1-4H2. The van der Waals surface area contributed by atoms with Crippen LogP contribution in [0.5, 0.6) is 0 Å². The van der Waals surface area contributed by atoms with Crippen molar-refractivity contribution >= 4 is 5.97 Å². The summed E-state index contributed by atoms with van der Waals surface area (Å²) in [5.74, 6) is -0.637. The molecule has 5 N–H and O–H groups in total. The highest BCUT2D eigenvalue weighted by Crippen LogP contribution is 2.26. The molecule has 0 radical (unpaired) electrons. The average Bonchev–Trinajstić information content (AvgIpc) is 3.03. The zero-order chi connectivity index (χ0) is 33.2. The number of unbranched alkanes of at least 4 members (excludes halogenated alkanes) is 21. The van der Waals surface area contributed by atoms with Crippen molar-refractivity contribution in [3.63, 3.8) is 0 Å². The fourth-order valence-corrected chi connectivity index (χ4v) is 5.54. The monoisotopic (exact) mass is 629 g/mol. The number of aliphatic hydroxyl groups is 4. The molecule has 0 spiro atoms. The SMILES string of the molecule is CCCCCCCCCCC(CCCCCCCCCC)=C(CCCCCCCCCC)C(=O)O.OCC(CO)(CO)CO. The topological polar surface area (TPSA) is 118 Å². The second kappa shape index (κ2) is 34.9. The summed E-state index contributed by atoms with van der Waals surface area (Å²) in [5, 5.41) is 44.0. The van der Waals surface area contributed by atoms with Crippen LogP contribution in [0, 0.1) is 5.41 Å². The largest absolute Gasteiger partial charge is 0.478 e. The van der Waals surface area contributed by atoms with E-state index in [-0.39, 0.29) is 0 Å². The normalized spacial score (nSPS) is 11.3. The van der Waals surface area contributed by atoms with Gasteiger partial charge in [0.15, 0.2) is 0 Å². The Morgan fingerprint density at radius 2 is 0.659 bits per heavy atom. The molecule has 0 fully saturated rings. The van der Waals surface area contributed by atoms with Gasteiger partial charge in [-0.25, -0.2) is 4.79 Å². The summed E-state index contributed by atoms with van der Waals surface area (Å²) in [4.78, 5) is 12.2. The second-order valence-corrected chi connectivity index (χ2v) is 13.2. The maximum atomic E-state index is 12.2. The molecule has 0 aromatic heterocycles. The lowest BCUT2D eigenvalue weighted by atomic mass is 9.92. The van der Waals surface area contributed by atoms with Crippen molar-refractivity contribution in [2.24, 2.45) is 5.41 Å². The van der Waals surface area contributed by atoms with Crippen molar-refractivity contribution in [3.8, 4) is 0 Å². The number of hydrogen-bond acceptors (Lipinski definition) is 5. The number of aliphatic carboxylic acids is 1. The van der Waals surface area contributed by atoms with E-state index in [4.69, 9.17) is 20.4 Å². The summed E-state index contributed by atoms with van der Waals surface area (Å²) in [6.07, 6.45) is 34.0. The first-order valence-corrected chi connectivity index (χ1v) is 18.8. The summed E-state index contributed by atoms with van der Waals surface area (Å²) in [6.45, 7) is 5.18. The number of carboxylic acid groups (broad SMARTS) is 1. The number of allylic oxidation sites excluding steroid dienone is 1. The molecule has 0 saturated heterocycles. The van der Waals surface area contributed by atoms with E-state index in [0.29, 0.717) is 0 Å².